The second kappa shape index (κ2) is 3.84. The third-order valence-corrected chi connectivity index (χ3v) is 2.20. The number of hydrogen-bond acceptors (Lipinski definition) is 4. The molecule has 0 saturated heterocycles. The summed E-state index contributed by atoms with van der Waals surface area (Å²) in [6.07, 6.45) is 3.38. The summed E-state index contributed by atoms with van der Waals surface area (Å²) < 4.78 is 0. The molecule has 0 spiro atoms. The zero-order valence-corrected chi connectivity index (χ0v) is 7.75. The number of carboxylic acids is 2. The molecule has 0 aromatic heterocycles. The van der Waals surface area contributed by atoms with E-state index in [0.717, 1.165) is 6.08 Å². The van der Waals surface area contributed by atoms with Crippen LogP contribution in [0.2, 0.25) is 0 Å². The molecule has 0 aromatic carbocycles. The van der Waals surface area contributed by atoms with E-state index in [2.05, 4.69) is 0 Å². The smallest absolute Gasteiger partial charge is 0.340 e. The summed E-state index contributed by atoms with van der Waals surface area (Å²) in [5, 5.41) is 26.7. The molecule has 82 valence electrons. The lowest BCUT2D eigenvalue weighted by Gasteiger charge is -2.22. The Labute approximate surface area is 85.3 Å². The first-order valence-corrected chi connectivity index (χ1v) is 4.20. The van der Waals surface area contributed by atoms with E-state index in [-0.39, 0.29) is 12.0 Å². The highest BCUT2D eigenvalue weighted by Gasteiger charge is 2.34. The van der Waals surface area contributed by atoms with Crippen molar-refractivity contribution in [3.8, 4) is 0 Å². The Morgan fingerprint density at radius 2 is 2.07 bits per heavy atom. The van der Waals surface area contributed by atoms with Crippen LogP contribution < -0.4 is 5.73 Å². The van der Waals surface area contributed by atoms with E-state index >= 15 is 0 Å². The summed E-state index contributed by atoms with van der Waals surface area (Å²) in [7, 11) is 0. The SMILES string of the molecule is N[C@H](C(=O)O)C1=CCC(O)(C(=O)O)C=C1. The molecule has 0 aliphatic heterocycles. The largest absolute Gasteiger partial charge is 0.480 e. The molecule has 0 bridgehead atoms. The van der Waals surface area contributed by atoms with Gasteiger partial charge in [-0.15, -0.1) is 0 Å². The minimum atomic E-state index is -1.96. The Kier molecular flexibility index (Phi) is 2.92. The summed E-state index contributed by atoms with van der Waals surface area (Å²) in [5.74, 6) is -2.58. The first-order valence-electron chi connectivity index (χ1n) is 4.20. The highest BCUT2D eigenvalue weighted by atomic mass is 16.4. The van der Waals surface area contributed by atoms with Gasteiger partial charge >= 0.3 is 11.9 Å². The van der Waals surface area contributed by atoms with Crippen LogP contribution >= 0.6 is 0 Å². The van der Waals surface area contributed by atoms with Gasteiger partial charge in [-0.1, -0.05) is 12.2 Å². The van der Waals surface area contributed by atoms with E-state index in [0.29, 0.717) is 0 Å². The van der Waals surface area contributed by atoms with Gasteiger partial charge in [-0.05, 0) is 11.6 Å². The highest BCUT2D eigenvalue weighted by Crippen LogP contribution is 2.22. The molecule has 0 amide bonds. The van der Waals surface area contributed by atoms with Crippen molar-refractivity contribution in [2.75, 3.05) is 0 Å². The van der Waals surface area contributed by atoms with Crippen LogP contribution in [0.4, 0.5) is 0 Å². The fourth-order valence-electron chi connectivity index (χ4n) is 1.18. The zero-order chi connectivity index (χ0) is 11.6. The molecule has 5 N–H and O–H groups in total. The summed E-state index contributed by atoms with van der Waals surface area (Å²) in [6.45, 7) is 0. The third-order valence-electron chi connectivity index (χ3n) is 2.20. The molecule has 0 fully saturated rings. The van der Waals surface area contributed by atoms with Crippen molar-refractivity contribution < 1.29 is 24.9 Å². The van der Waals surface area contributed by atoms with Crippen molar-refractivity contribution in [3.05, 3.63) is 23.8 Å². The van der Waals surface area contributed by atoms with Crippen molar-refractivity contribution in [2.24, 2.45) is 5.73 Å². The molecular weight excluding hydrogens is 202 g/mol. The van der Waals surface area contributed by atoms with Crippen molar-refractivity contribution in [1.29, 1.82) is 0 Å². The Hall–Kier alpha value is -1.66. The average molecular weight is 213 g/mol. The first kappa shape index (κ1) is 11.4. The van der Waals surface area contributed by atoms with Crippen LogP contribution in [0.15, 0.2) is 23.8 Å². The maximum absolute atomic E-state index is 10.6. The van der Waals surface area contributed by atoms with Crippen LogP contribution in [-0.2, 0) is 9.59 Å². The van der Waals surface area contributed by atoms with E-state index in [9.17, 15) is 14.7 Å². The number of carbonyl (C=O) groups is 2. The molecule has 1 aliphatic rings. The molecule has 0 radical (unpaired) electrons. The molecule has 0 heterocycles. The van der Waals surface area contributed by atoms with Crippen LogP contribution in [0.5, 0.6) is 0 Å². The number of rotatable bonds is 3. The summed E-state index contributed by atoms with van der Waals surface area (Å²) >= 11 is 0. The van der Waals surface area contributed by atoms with Crippen LogP contribution in [-0.4, -0.2) is 38.9 Å². The molecule has 1 unspecified atom stereocenters. The lowest BCUT2D eigenvalue weighted by atomic mass is 9.90. The quantitative estimate of drug-likeness (QED) is 0.482. The second-order valence-electron chi connectivity index (χ2n) is 3.29. The minimum absolute atomic E-state index is 0.185. The van der Waals surface area contributed by atoms with Crippen molar-refractivity contribution in [3.63, 3.8) is 0 Å². The molecule has 0 saturated carbocycles. The number of carboxylic acid groups (broad SMARTS) is 2. The van der Waals surface area contributed by atoms with E-state index < -0.39 is 23.6 Å². The fraction of sp³-hybridized carbons (Fsp3) is 0.333. The van der Waals surface area contributed by atoms with E-state index in [1.807, 2.05) is 0 Å². The van der Waals surface area contributed by atoms with Gasteiger partial charge in [-0.3, -0.25) is 4.79 Å². The van der Waals surface area contributed by atoms with E-state index in [4.69, 9.17) is 15.9 Å². The molecule has 0 aromatic rings. The van der Waals surface area contributed by atoms with Gasteiger partial charge in [-0.2, -0.15) is 0 Å². The zero-order valence-electron chi connectivity index (χ0n) is 7.75. The van der Waals surface area contributed by atoms with Crippen LogP contribution in [0.1, 0.15) is 6.42 Å². The maximum atomic E-state index is 10.6. The van der Waals surface area contributed by atoms with Crippen LogP contribution in [0, 0.1) is 0 Å². The summed E-state index contributed by atoms with van der Waals surface area (Å²) in [5.41, 5.74) is 3.64. The van der Waals surface area contributed by atoms with Crippen molar-refractivity contribution in [1.82, 2.24) is 0 Å². The van der Waals surface area contributed by atoms with Gasteiger partial charge in [0.2, 0.25) is 0 Å². The van der Waals surface area contributed by atoms with Crippen molar-refractivity contribution >= 4 is 11.9 Å². The molecule has 1 rings (SSSR count). The first-order chi connectivity index (χ1) is 6.87. The van der Waals surface area contributed by atoms with Gasteiger partial charge in [0.05, 0.1) is 0 Å². The molecule has 15 heavy (non-hydrogen) atoms. The van der Waals surface area contributed by atoms with Gasteiger partial charge in [0.15, 0.2) is 5.60 Å². The molecule has 2 atom stereocenters. The molecule has 1 aliphatic carbocycles. The number of aliphatic hydroxyl groups is 1. The Bertz CT molecular complexity index is 360. The minimum Gasteiger partial charge on any atom is -0.480 e. The number of hydrogen-bond donors (Lipinski definition) is 4. The predicted octanol–water partition coefficient (Wildman–Crippen LogP) is -0.900. The Balaban J connectivity index is 2.82. The van der Waals surface area contributed by atoms with Crippen LogP contribution in [0.25, 0.3) is 0 Å². The maximum Gasteiger partial charge on any atom is 0.340 e. The van der Waals surface area contributed by atoms with Crippen LogP contribution in [0.3, 0.4) is 0 Å². The van der Waals surface area contributed by atoms with Gasteiger partial charge in [0.25, 0.3) is 0 Å². The van der Waals surface area contributed by atoms with E-state index in [1.54, 1.807) is 0 Å². The lowest BCUT2D eigenvalue weighted by molar-refractivity contribution is -0.153. The topological polar surface area (TPSA) is 121 Å². The predicted molar refractivity (Wildman–Crippen MR) is 50.0 cm³/mol. The summed E-state index contributed by atoms with van der Waals surface area (Å²) in [4.78, 5) is 21.1. The number of aliphatic carboxylic acids is 2. The number of nitrogens with two attached hydrogens (primary N) is 1. The van der Waals surface area contributed by atoms with Gasteiger partial charge in [0, 0.05) is 6.42 Å². The summed E-state index contributed by atoms with van der Waals surface area (Å²) in [6, 6.07) is -1.19. The van der Waals surface area contributed by atoms with Crippen molar-refractivity contribution in [2.45, 2.75) is 18.1 Å². The molecule has 6 nitrogen and oxygen atoms in total. The highest BCUT2D eigenvalue weighted by molar-refractivity contribution is 5.82. The standard InChI is InChI=1S/C9H11NO5/c10-6(7(11)12)5-1-3-9(15,4-2-5)8(13)14/h1-3,6,15H,4,10H2,(H,11,12)(H,13,14)/t6-,9?/m0/s1. The molecular formula is C9H11NO5. The lowest BCUT2D eigenvalue weighted by Crippen LogP contribution is -2.39. The Morgan fingerprint density at radius 3 is 2.40 bits per heavy atom. The fourth-order valence-corrected chi connectivity index (χ4v) is 1.18. The van der Waals surface area contributed by atoms with Gasteiger partial charge < -0.3 is 21.1 Å². The van der Waals surface area contributed by atoms with Gasteiger partial charge in [-0.25, -0.2) is 4.79 Å². The normalized spacial score (nSPS) is 26.9. The van der Waals surface area contributed by atoms with Gasteiger partial charge in [0.1, 0.15) is 6.04 Å². The molecule has 6 heteroatoms. The van der Waals surface area contributed by atoms with E-state index in [1.165, 1.54) is 12.2 Å². The monoisotopic (exact) mass is 213 g/mol. The second-order valence-corrected chi connectivity index (χ2v) is 3.29. The Morgan fingerprint density at radius 1 is 1.47 bits per heavy atom. The average Bonchev–Trinajstić information content (AvgIpc) is 2.17. The third kappa shape index (κ3) is 2.23.